The first-order chi connectivity index (χ1) is 8.08. The van der Waals surface area contributed by atoms with E-state index in [1.165, 1.54) is 0 Å². The van der Waals surface area contributed by atoms with Gasteiger partial charge in [-0.2, -0.15) is 0 Å². The average Bonchev–Trinajstić information content (AvgIpc) is 2.64. The summed E-state index contributed by atoms with van der Waals surface area (Å²) in [5.74, 6) is -0.512. The van der Waals surface area contributed by atoms with Crippen molar-refractivity contribution < 1.29 is 19.4 Å². The summed E-state index contributed by atoms with van der Waals surface area (Å²) in [7, 11) is 0. The Morgan fingerprint density at radius 2 is 2.12 bits per heavy atom. The molecule has 1 heterocycles. The zero-order chi connectivity index (χ0) is 12.4. The lowest BCUT2D eigenvalue weighted by Crippen LogP contribution is -2.38. The average molecular weight is 256 g/mol. The molecule has 6 heteroatoms. The Morgan fingerprint density at radius 3 is 2.71 bits per heavy atom. The highest BCUT2D eigenvalue weighted by molar-refractivity contribution is 6.30. The molecule has 0 bridgehead atoms. The van der Waals surface area contributed by atoms with Crippen LogP contribution in [0.4, 0.5) is 4.79 Å². The zero-order valence-corrected chi connectivity index (χ0v) is 9.55. The molecule has 17 heavy (non-hydrogen) atoms. The van der Waals surface area contributed by atoms with E-state index in [2.05, 4.69) is 0 Å². The van der Waals surface area contributed by atoms with E-state index in [1.54, 1.807) is 24.3 Å². The summed E-state index contributed by atoms with van der Waals surface area (Å²) in [6.07, 6.45) is -0.864. The minimum atomic E-state index is -1.16. The Labute approximate surface area is 103 Å². The number of hydrogen-bond donors (Lipinski definition) is 1. The van der Waals surface area contributed by atoms with Crippen LogP contribution in [0.25, 0.3) is 0 Å². The maximum Gasteiger partial charge on any atom is 0.410 e. The molecule has 2 rings (SSSR count). The Hall–Kier alpha value is -1.75. The van der Waals surface area contributed by atoms with Gasteiger partial charge in [0.1, 0.15) is 6.04 Å². The lowest BCUT2D eigenvalue weighted by Gasteiger charge is -2.16. The Morgan fingerprint density at radius 1 is 1.47 bits per heavy atom. The van der Waals surface area contributed by atoms with E-state index in [0.717, 1.165) is 10.5 Å². The smallest absolute Gasteiger partial charge is 0.410 e. The lowest BCUT2D eigenvalue weighted by molar-refractivity contribution is -0.139. The molecule has 0 radical (unpaired) electrons. The molecule has 1 N–H and O–H groups in total. The van der Waals surface area contributed by atoms with Gasteiger partial charge in [-0.15, -0.1) is 0 Å². The van der Waals surface area contributed by atoms with Gasteiger partial charge in [0.2, 0.25) is 0 Å². The topological polar surface area (TPSA) is 66.8 Å². The van der Waals surface area contributed by atoms with E-state index >= 15 is 0 Å². The van der Waals surface area contributed by atoms with Crippen LogP contribution in [-0.4, -0.2) is 34.8 Å². The van der Waals surface area contributed by atoms with E-state index in [4.69, 9.17) is 21.4 Å². The third-order valence-corrected chi connectivity index (χ3v) is 2.83. The molecule has 0 aromatic heterocycles. The van der Waals surface area contributed by atoms with Crippen molar-refractivity contribution in [1.29, 1.82) is 0 Å². The van der Waals surface area contributed by atoms with Crippen molar-refractivity contribution in [3.05, 3.63) is 34.9 Å². The molecule has 1 aliphatic rings. The van der Waals surface area contributed by atoms with Crippen LogP contribution in [0.2, 0.25) is 5.02 Å². The van der Waals surface area contributed by atoms with Crippen LogP contribution in [0, 0.1) is 0 Å². The van der Waals surface area contributed by atoms with E-state index < -0.39 is 18.1 Å². The summed E-state index contributed by atoms with van der Waals surface area (Å²) in [4.78, 5) is 23.3. The second-order valence-electron chi connectivity index (χ2n) is 3.69. The minimum Gasteiger partial charge on any atom is -0.465 e. The van der Waals surface area contributed by atoms with Crippen LogP contribution in [0.5, 0.6) is 0 Å². The molecule has 90 valence electrons. The molecule has 0 aliphatic carbocycles. The number of benzene rings is 1. The molecule has 0 spiro atoms. The fraction of sp³-hybridized carbons (Fsp3) is 0.273. The number of ether oxygens (including phenoxy) is 1. The predicted octanol–water partition coefficient (Wildman–Crippen LogP) is 1.75. The number of carboxylic acid groups (broad SMARTS) is 1. The van der Waals surface area contributed by atoms with Crippen LogP contribution < -0.4 is 0 Å². The van der Waals surface area contributed by atoms with Gasteiger partial charge in [0.05, 0.1) is 0 Å². The van der Waals surface area contributed by atoms with Gasteiger partial charge in [-0.05, 0) is 17.7 Å². The van der Waals surface area contributed by atoms with Crippen LogP contribution in [0.1, 0.15) is 5.56 Å². The molecule has 1 atom stereocenters. The number of amides is 1. The number of esters is 1. The van der Waals surface area contributed by atoms with Gasteiger partial charge in [0, 0.05) is 11.4 Å². The van der Waals surface area contributed by atoms with Gasteiger partial charge in [0.25, 0.3) is 0 Å². The predicted molar refractivity (Wildman–Crippen MR) is 59.8 cm³/mol. The number of hydrogen-bond acceptors (Lipinski definition) is 3. The first-order valence-electron chi connectivity index (χ1n) is 4.98. The van der Waals surface area contributed by atoms with Crippen LogP contribution in [-0.2, 0) is 16.0 Å². The summed E-state index contributed by atoms with van der Waals surface area (Å²) >= 11 is 5.74. The summed E-state index contributed by atoms with van der Waals surface area (Å²) in [5.41, 5.74) is 0.838. The molecule has 1 aromatic carbocycles. The number of carbonyl (C=O) groups is 2. The Balaban J connectivity index is 2.13. The number of carbonyl (C=O) groups excluding carboxylic acids is 1. The van der Waals surface area contributed by atoms with E-state index in [1.807, 2.05) is 0 Å². The van der Waals surface area contributed by atoms with Crippen LogP contribution in [0.15, 0.2) is 24.3 Å². The first kappa shape index (κ1) is 11.7. The van der Waals surface area contributed by atoms with Gasteiger partial charge in [-0.1, -0.05) is 23.7 Å². The van der Waals surface area contributed by atoms with Crippen molar-refractivity contribution >= 4 is 23.7 Å². The largest absolute Gasteiger partial charge is 0.465 e. The fourth-order valence-corrected chi connectivity index (χ4v) is 1.80. The number of halogens is 1. The summed E-state index contributed by atoms with van der Waals surface area (Å²) in [6, 6.07) is 6.14. The Bertz CT molecular complexity index is 445. The standard InChI is InChI=1S/C11H10ClNO4/c12-8-3-1-7(2-4-8)5-9-10(14)17-6-13(9)11(15)16/h1-4,9H,5-6H2,(H,15,16). The summed E-state index contributed by atoms with van der Waals surface area (Å²) in [5, 5.41) is 9.49. The number of cyclic esters (lactones) is 1. The van der Waals surface area contributed by atoms with Crippen molar-refractivity contribution in [3.63, 3.8) is 0 Å². The quantitative estimate of drug-likeness (QED) is 0.818. The molecule has 1 unspecified atom stereocenters. The maximum atomic E-state index is 11.4. The zero-order valence-electron chi connectivity index (χ0n) is 8.80. The highest BCUT2D eigenvalue weighted by Crippen LogP contribution is 2.18. The van der Waals surface area contributed by atoms with Gasteiger partial charge in [-0.25, -0.2) is 9.59 Å². The first-order valence-corrected chi connectivity index (χ1v) is 5.36. The molecular weight excluding hydrogens is 246 g/mol. The second-order valence-corrected chi connectivity index (χ2v) is 4.13. The number of nitrogens with zero attached hydrogens (tertiary/aromatic N) is 1. The highest BCUT2D eigenvalue weighted by atomic mass is 35.5. The van der Waals surface area contributed by atoms with Crippen LogP contribution in [0.3, 0.4) is 0 Å². The molecule has 1 aromatic rings. The maximum absolute atomic E-state index is 11.4. The van der Waals surface area contributed by atoms with Gasteiger partial charge < -0.3 is 9.84 Å². The monoisotopic (exact) mass is 255 g/mol. The molecule has 1 amide bonds. The van der Waals surface area contributed by atoms with E-state index in [-0.39, 0.29) is 6.73 Å². The Kier molecular flexibility index (Phi) is 3.19. The van der Waals surface area contributed by atoms with Crippen molar-refractivity contribution in [3.8, 4) is 0 Å². The molecule has 0 saturated carbocycles. The SMILES string of the molecule is O=C1OCN(C(=O)O)C1Cc1ccc(Cl)cc1. The van der Waals surface area contributed by atoms with Crippen LogP contribution >= 0.6 is 11.6 Å². The van der Waals surface area contributed by atoms with Crippen molar-refractivity contribution in [1.82, 2.24) is 4.90 Å². The third-order valence-electron chi connectivity index (χ3n) is 2.58. The summed E-state index contributed by atoms with van der Waals surface area (Å²) in [6.45, 7) is -0.202. The summed E-state index contributed by atoms with van der Waals surface area (Å²) < 4.78 is 4.72. The number of rotatable bonds is 2. The van der Waals surface area contributed by atoms with Crippen molar-refractivity contribution in [2.75, 3.05) is 6.73 Å². The fourth-order valence-electron chi connectivity index (χ4n) is 1.67. The van der Waals surface area contributed by atoms with Crippen molar-refractivity contribution in [2.24, 2.45) is 0 Å². The molecule has 1 aliphatic heterocycles. The molecular formula is C11H10ClNO4. The second kappa shape index (κ2) is 4.63. The molecule has 5 nitrogen and oxygen atoms in total. The normalized spacial score (nSPS) is 19.2. The van der Waals surface area contributed by atoms with Crippen molar-refractivity contribution in [2.45, 2.75) is 12.5 Å². The van der Waals surface area contributed by atoms with Gasteiger partial charge in [0.15, 0.2) is 6.73 Å². The van der Waals surface area contributed by atoms with E-state index in [9.17, 15) is 9.59 Å². The van der Waals surface area contributed by atoms with Gasteiger partial charge >= 0.3 is 12.1 Å². The van der Waals surface area contributed by atoms with Gasteiger partial charge in [-0.3, -0.25) is 4.90 Å². The van der Waals surface area contributed by atoms with E-state index in [0.29, 0.717) is 11.4 Å². The third kappa shape index (κ3) is 2.50. The molecule has 1 fully saturated rings. The lowest BCUT2D eigenvalue weighted by atomic mass is 10.1. The molecule has 1 saturated heterocycles. The minimum absolute atomic E-state index is 0.202. The highest BCUT2D eigenvalue weighted by Gasteiger charge is 2.37.